The molecule has 0 fully saturated rings. The second kappa shape index (κ2) is 5.19. The van der Waals surface area contributed by atoms with Gasteiger partial charge in [-0.15, -0.1) is 0 Å². The molecular weight excluding hydrogens is 197 g/mol. The molecule has 0 amide bonds. The molecule has 0 aromatic heterocycles. The fourth-order valence-electron chi connectivity index (χ4n) is 1.10. The van der Waals surface area contributed by atoms with E-state index in [1.54, 1.807) is 19.1 Å². The maximum atomic E-state index is 13.3. The quantitative estimate of drug-likeness (QED) is 0.576. The van der Waals surface area contributed by atoms with Gasteiger partial charge in [-0.25, -0.2) is 9.38 Å². The Balaban J connectivity index is 2.77. The fraction of sp³-hybridized carbons (Fsp3) is 0.300. The number of rotatable bonds is 4. The van der Waals surface area contributed by atoms with Crippen molar-refractivity contribution in [3.8, 4) is 5.75 Å². The van der Waals surface area contributed by atoms with E-state index in [0.717, 1.165) is 0 Å². The highest BCUT2D eigenvalue weighted by atomic mass is 19.1. The van der Waals surface area contributed by atoms with Crippen LogP contribution in [0, 0.1) is 5.82 Å². The summed E-state index contributed by atoms with van der Waals surface area (Å²) in [6.45, 7) is 2.50. The van der Waals surface area contributed by atoms with Gasteiger partial charge in [0.1, 0.15) is 0 Å². The van der Waals surface area contributed by atoms with E-state index in [1.807, 2.05) is 0 Å². The van der Waals surface area contributed by atoms with Crippen LogP contribution in [0.2, 0.25) is 0 Å². The number of ether oxygens (including phenoxy) is 1. The van der Waals surface area contributed by atoms with Gasteiger partial charge in [0.15, 0.2) is 17.5 Å². The number of aliphatic imine (C=N–C) groups is 1. The zero-order valence-electron chi connectivity index (χ0n) is 8.53. The smallest absolute Gasteiger partial charge is 0.186 e. The molecule has 82 valence electrons. The molecule has 0 aliphatic heterocycles. The Morgan fingerprint density at radius 2 is 2.20 bits per heavy atom. The Morgan fingerprint density at radius 1 is 1.47 bits per heavy atom. The molecule has 1 aromatic carbocycles. The van der Waals surface area contributed by atoms with Gasteiger partial charge in [-0.2, -0.15) is 0 Å². The summed E-state index contributed by atoms with van der Waals surface area (Å²) in [5.41, 5.74) is 11.0. The van der Waals surface area contributed by atoms with Crippen LogP contribution in [-0.4, -0.2) is 12.6 Å². The van der Waals surface area contributed by atoms with Gasteiger partial charge in [0, 0.05) is 0 Å². The molecule has 4 nitrogen and oxygen atoms in total. The topological polar surface area (TPSA) is 73.6 Å². The number of nitrogens with zero attached hydrogens (tertiary/aromatic N) is 1. The highest BCUT2D eigenvalue weighted by molar-refractivity contribution is 5.75. The summed E-state index contributed by atoms with van der Waals surface area (Å²) in [6.07, 6.45) is 0. The monoisotopic (exact) mass is 211 g/mol. The number of halogens is 1. The molecule has 15 heavy (non-hydrogen) atoms. The molecular formula is C10H14FN3O. The number of benzene rings is 1. The highest BCUT2D eigenvalue weighted by Crippen LogP contribution is 2.18. The summed E-state index contributed by atoms with van der Waals surface area (Å²) in [7, 11) is 0. The lowest BCUT2D eigenvalue weighted by Gasteiger charge is -2.05. The third-order valence-electron chi connectivity index (χ3n) is 1.74. The normalized spacial score (nSPS) is 9.73. The van der Waals surface area contributed by atoms with Crippen molar-refractivity contribution in [2.24, 2.45) is 16.5 Å². The van der Waals surface area contributed by atoms with Gasteiger partial charge in [-0.05, 0) is 24.6 Å². The van der Waals surface area contributed by atoms with Gasteiger partial charge in [-0.1, -0.05) is 6.07 Å². The number of nitrogens with two attached hydrogens (primary N) is 2. The minimum absolute atomic E-state index is 0.00991. The van der Waals surface area contributed by atoms with Crippen LogP contribution in [0.3, 0.4) is 0 Å². The molecule has 0 aliphatic rings. The van der Waals surface area contributed by atoms with Crippen LogP contribution in [0.15, 0.2) is 23.2 Å². The van der Waals surface area contributed by atoms with Gasteiger partial charge in [0.25, 0.3) is 0 Å². The molecule has 4 N–H and O–H groups in total. The van der Waals surface area contributed by atoms with E-state index in [9.17, 15) is 4.39 Å². The molecule has 1 aromatic rings. The average molecular weight is 211 g/mol. The van der Waals surface area contributed by atoms with Crippen LogP contribution in [-0.2, 0) is 6.54 Å². The van der Waals surface area contributed by atoms with Gasteiger partial charge < -0.3 is 16.2 Å². The van der Waals surface area contributed by atoms with E-state index in [1.165, 1.54) is 6.07 Å². The molecule has 0 saturated carbocycles. The first-order valence-electron chi connectivity index (χ1n) is 4.60. The van der Waals surface area contributed by atoms with Gasteiger partial charge in [0.05, 0.1) is 13.2 Å². The SMILES string of the molecule is CCOc1ccc(CN=C(N)N)cc1F. The summed E-state index contributed by atoms with van der Waals surface area (Å²) < 4.78 is 18.4. The molecule has 0 heterocycles. The zero-order valence-corrected chi connectivity index (χ0v) is 8.53. The maximum absolute atomic E-state index is 13.3. The lowest BCUT2D eigenvalue weighted by Crippen LogP contribution is -2.22. The lowest BCUT2D eigenvalue weighted by atomic mass is 10.2. The first kappa shape index (κ1) is 11.3. The average Bonchev–Trinajstić information content (AvgIpc) is 2.19. The van der Waals surface area contributed by atoms with E-state index >= 15 is 0 Å². The van der Waals surface area contributed by atoms with E-state index in [0.29, 0.717) is 12.2 Å². The van der Waals surface area contributed by atoms with Crippen LogP contribution < -0.4 is 16.2 Å². The van der Waals surface area contributed by atoms with Crippen LogP contribution in [0.5, 0.6) is 5.75 Å². The summed E-state index contributed by atoms with van der Waals surface area (Å²) in [5, 5.41) is 0. The van der Waals surface area contributed by atoms with Crippen molar-refractivity contribution in [2.45, 2.75) is 13.5 Å². The third kappa shape index (κ3) is 3.46. The number of hydrogen-bond donors (Lipinski definition) is 2. The molecule has 0 radical (unpaired) electrons. The Labute approximate surface area is 87.7 Å². The summed E-state index contributed by atoms with van der Waals surface area (Å²) in [5.74, 6) is -0.171. The van der Waals surface area contributed by atoms with E-state index < -0.39 is 5.82 Å². The molecule has 1 rings (SSSR count). The van der Waals surface area contributed by atoms with E-state index in [2.05, 4.69) is 4.99 Å². The Bertz CT molecular complexity index is 362. The molecule has 0 spiro atoms. The Kier molecular flexibility index (Phi) is 3.91. The number of guanidine groups is 1. The van der Waals surface area contributed by atoms with Crippen LogP contribution in [0.4, 0.5) is 4.39 Å². The molecule has 0 unspecified atom stereocenters. The third-order valence-corrected chi connectivity index (χ3v) is 1.74. The highest BCUT2D eigenvalue weighted by Gasteiger charge is 2.03. The largest absolute Gasteiger partial charge is 0.491 e. The lowest BCUT2D eigenvalue weighted by molar-refractivity contribution is 0.321. The molecule has 0 bridgehead atoms. The number of hydrogen-bond acceptors (Lipinski definition) is 2. The van der Waals surface area contributed by atoms with Crippen LogP contribution in [0.25, 0.3) is 0 Å². The van der Waals surface area contributed by atoms with Crippen molar-refractivity contribution in [2.75, 3.05) is 6.61 Å². The van der Waals surface area contributed by atoms with E-state index in [-0.39, 0.29) is 18.3 Å². The Morgan fingerprint density at radius 3 is 2.73 bits per heavy atom. The van der Waals surface area contributed by atoms with Crippen molar-refractivity contribution in [1.29, 1.82) is 0 Å². The van der Waals surface area contributed by atoms with Crippen molar-refractivity contribution in [3.05, 3.63) is 29.6 Å². The van der Waals surface area contributed by atoms with Crippen LogP contribution in [0.1, 0.15) is 12.5 Å². The van der Waals surface area contributed by atoms with Crippen molar-refractivity contribution in [3.63, 3.8) is 0 Å². The van der Waals surface area contributed by atoms with E-state index in [4.69, 9.17) is 16.2 Å². The predicted octanol–water partition coefficient (Wildman–Crippen LogP) is 0.998. The molecule has 5 heteroatoms. The van der Waals surface area contributed by atoms with Crippen molar-refractivity contribution >= 4 is 5.96 Å². The first-order chi connectivity index (χ1) is 7.13. The molecule has 0 atom stereocenters. The maximum Gasteiger partial charge on any atom is 0.186 e. The first-order valence-corrected chi connectivity index (χ1v) is 4.60. The summed E-state index contributed by atoms with van der Waals surface area (Å²) in [6, 6.07) is 4.65. The summed E-state index contributed by atoms with van der Waals surface area (Å²) >= 11 is 0. The fourth-order valence-corrected chi connectivity index (χ4v) is 1.10. The second-order valence-corrected chi connectivity index (χ2v) is 2.94. The van der Waals surface area contributed by atoms with Crippen LogP contribution >= 0.6 is 0 Å². The summed E-state index contributed by atoms with van der Waals surface area (Å²) in [4.78, 5) is 3.78. The van der Waals surface area contributed by atoms with Crippen molar-refractivity contribution < 1.29 is 9.13 Å². The van der Waals surface area contributed by atoms with Gasteiger partial charge in [0.2, 0.25) is 0 Å². The zero-order chi connectivity index (χ0) is 11.3. The second-order valence-electron chi connectivity index (χ2n) is 2.94. The minimum atomic E-state index is -0.403. The molecule has 0 saturated heterocycles. The van der Waals surface area contributed by atoms with Crippen molar-refractivity contribution in [1.82, 2.24) is 0 Å². The molecule has 0 aliphatic carbocycles. The van der Waals surface area contributed by atoms with Gasteiger partial charge in [-0.3, -0.25) is 0 Å². The standard InChI is InChI=1S/C10H14FN3O/c1-2-15-9-4-3-7(5-8(9)11)6-14-10(12)13/h3-5H,2,6H2,1H3,(H4,12,13,14). The minimum Gasteiger partial charge on any atom is -0.491 e. The predicted molar refractivity (Wildman–Crippen MR) is 57.1 cm³/mol. The van der Waals surface area contributed by atoms with Gasteiger partial charge >= 0.3 is 0 Å². The Hall–Kier alpha value is -1.78.